The van der Waals surface area contributed by atoms with Crippen LogP contribution in [0, 0.1) is 5.92 Å². The van der Waals surface area contributed by atoms with Crippen LogP contribution in [0.3, 0.4) is 0 Å². The van der Waals surface area contributed by atoms with E-state index in [9.17, 15) is 4.79 Å². The summed E-state index contributed by atoms with van der Waals surface area (Å²) in [5, 5.41) is 4.20. The van der Waals surface area contributed by atoms with Gasteiger partial charge in [0, 0.05) is 5.92 Å². The maximum atomic E-state index is 12.0. The van der Waals surface area contributed by atoms with Gasteiger partial charge in [0.1, 0.15) is 5.75 Å². The van der Waals surface area contributed by atoms with E-state index in [-0.39, 0.29) is 11.8 Å². The Morgan fingerprint density at radius 1 is 1.20 bits per heavy atom. The Morgan fingerprint density at radius 3 is 2.45 bits per heavy atom. The highest BCUT2D eigenvalue weighted by Crippen LogP contribution is 2.23. The second-order valence-corrected chi connectivity index (χ2v) is 5.24. The van der Waals surface area contributed by atoms with Crippen LogP contribution in [0.1, 0.15) is 44.6 Å². The van der Waals surface area contributed by atoms with Crippen LogP contribution in [0.25, 0.3) is 0 Å². The van der Waals surface area contributed by atoms with Crippen molar-refractivity contribution in [3.63, 3.8) is 0 Å². The number of hydrogen-bond acceptors (Lipinski definition) is 3. The summed E-state index contributed by atoms with van der Waals surface area (Å²) >= 11 is 0. The fourth-order valence-corrected chi connectivity index (χ4v) is 2.49. The lowest BCUT2D eigenvalue weighted by molar-refractivity contribution is -0.125. The van der Waals surface area contributed by atoms with E-state index >= 15 is 0 Å². The number of benzene rings is 1. The molecule has 4 heteroatoms. The summed E-state index contributed by atoms with van der Waals surface area (Å²) in [6.45, 7) is 1.89. The van der Waals surface area contributed by atoms with Crippen molar-refractivity contribution in [1.29, 1.82) is 0 Å². The topological polar surface area (TPSA) is 50.7 Å². The van der Waals surface area contributed by atoms with Crippen molar-refractivity contribution in [1.82, 2.24) is 5.43 Å². The quantitative estimate of drug-likeness (QED) is 0.677. The Hall–Kier alpha value is -1.84. The van der Waals surface area contributed by atoms with E-state index in [4.69, 9.17) is 4.74 Å². The van der Waals surface area contributed by atoms with Gasteiger partial charge in [-0.15, -0.1) is 0 Å². The molecule has 20 heavy (non-hydrogen) atoms. The number of nitrogens with zero attached hydrogens (tertiary/aromatic N) is 1. The molecule has 0 bridgehead atoms. The van der Waals surface area contributed by atoms with Gasteiger partial charge in [-0.2, -0.15) is 5.10 Å². The van der Waals surface area contributed by atoms with Crippen molar-refractivity contribution in [2.75, 3.05) is 7.11 Å². The molecule has 0 atom stereocenters. The number of methoxy groups -OCH3 is 1. The van der Waals surface area contributed by atoms with Crippen molar-refractivity contribution in [3.8, 4) is 5.75 Å². The van der Waals surface area contributed by atoms with Crippen LogP contribution in [-0.2, 0) is 4.79 Å². The molecule has 2 rings (SSSR count). The molecule has 4 nitrogen and oxygen atoms in total. The van der Waals surface area contributed by atoms with Crippen LogP contribution in [0.15, 0.2) is 29.4 Å². The van der Waals surface area contributed by atoms with Gasteiger partial charge in [-0.25, -0.2) is 5.43 Å². The summed E-state index contributed by atoms with van der Waals surface area (Å²) in [6, 6.07) is 7.64. The Morgan fingerprint density at radius 2 is 1.85 bits per heavy atom. The number of hydrazone groups is 1. The third-order valence-electron chi connectivity index (χ3n) is 3.82. The molecule has 0 aromatic heterocycles. The molecule has 0 saturated heterocycles. The molecule has 1 aliphatic carbocycles. The molecular formula is C16H22N2O2. The van der Waals surface area contributed by atoms with Crippen LogP contribution in [0.4, 0.5) is 0 Å². The molecule has 1 aromatic rings. The van der Waals surface area contributed by atoms with Crippen LogP contribution >= 0.6 is 0 Å². The molecular weight excluding hydrogens is 252 g/mol. The average Bonchev–Trinajstić information content (AvgIpc) is 2.53. The minimum atomic E-state index is 0.0533. The molecule has 0 spiro atoms. The first-order chi connectivity index (χ1) is 9.70. The van der Waals surface area contributed by atoms with E-state index < -0.39 is 0 Å². The predicted molar refractivity (Wildman–Crippen MR) is 79.9 cm³/mol. The van der Waals surface area contributed by atoms with Crippen molar-refractivity contribution >= 4 is 11.6 Å². The third kappa shape index (κ3) is 3.83. The first-order valence-electron chi connectivity index (χ1n) is 7.19. The summed E-state index contributed by atoms with van der Waals surface area (Å²) in [6.07, 6.45) is 5.53. The van der Waals surface area contributed by atoms with Crippen LogP contribution < -0.4 is 10.2 Å². The van der Waals surface area contributed by atoms with Crippen LogP contribution in [-0.4, -0.2) is 18.7 Å². The zero-order valence-electron chi connectivity index (χ0n) is 12.2. The van der Waals surface area contributed by atoms with Gasteiger partial charge >= 0.3 is 0 Å². The molecule has 0 radical (unpaired) electrons. The SMILES string of the molecule is COc1ccc(C(C)=NNC(=O)C2CCCCC2)cc1. The molecule has 0 aliphatic heterocycles. The van der Waals surface area contributed by atoms with E-state index in [0.717, 1.165) is 42.7 Å². The van der Waals surface area contributed by atoms with E-state index in [0.29, 0.717) is 0 Å². The monoisotopic (exact) mass is 274 g/mol. The second kappa shape index (κ2) is 7.08. The zero-order chi connectivity index (χ0) is 14.4. The highest BCUT2D eigenvalue weighted by molar-refractivity contribution is 5.99. The zero-order valence-corrected chi connectivity index (χ0v) is 12.2. The van der Waals surface area contributed by atoms with Crippen LogP contribution in [0.5, 0.6) is 5.75 Å². The number of carbonyl (C=O) groups excluding carboxylic acids is 1. The standard InChI is InChI=1S/C16H22N2O2/c1-12(13-8-10-15(20-2)11-9-13)17-18-16(19)14-6-4-3-5-7-14/h8-11,14H,3-7H2,1-2H3,(H,18,19). The molecule has 108 valence electrons. The first kappa shape index (κ1) is 14.6. The molecule has 0 heterocycles. The maximum Gasteiger partial charge on any atom is 0.243 e. The van der Waals surface area contributed by atoms with Gasteiger partial charge in [0.05, 0.1) is 12.8 Å². The molecule has 1 aliphatic rings. The molecule has 1 N–H and O–H groups in total. The van der Waals surface area contributed by atoms with Gasteiger partial charge in [0.2, 0.25) is 5.91 Å². The lowest BCUT2D eigenvalue weighted by Gasteiger charge is -2.19. The Bertz CT molecular complexity index is 474. The minimum Gasteiger partial charge on any atom is -0.497 e. The number of hydrogen-bond donors (Lipinski definition) is 1. The van der Waals surface area contributed by atoms with Crippen molar-refractivity contribution in [2.24, 2.45) is 11.0 Å². The highest BCUT2D eigenvalue weighted by Gasteiger charge is 2.20. The van der Waals surface area contributed by atoms with Gasteiger partial charge in [-0.1, -0.05) is 19.3 Å². The predicted octanol–water partition coefficient (Wildman–Crippen LogP) is 3.12. The highest BCUT2D eigenvalue weighted by atomic mass is 16.5. The fraction of sp³-hybridized carbons (Fsp3) is 0.500. The Labute approximate surface area is 120 Å². The largest absolute Gasteiger partial charge is 0.497 e. The Kier molecular flexibility index (Phi) is 5.16. The van der Waals surface area contributed by atoms with Gasteiger partial charge in [-0.3, -0.25) is 4.79 Å². The number of amides is 1. The second-order valence-electron chi connectivity index (χ2n) is 5.24. The number of nitrogens with one attached hydrogen (secondary N) is 1. The molecule has 1 saturated carbocycles. The third-order valence-corrected chi connectivity index (χ3v) is 3.82. The lowest BCUT2D eigenvalue weighted by atomic mass is 9.89. The van der Waals surface area contributed by atoms with E-state index in [1.54, 1.807) is 7.11 Å². The first-order valence-corrected chi connectivity index (χ1v) is 7.19. The summed E-state index contributed by atoms with van der Waals surface area (Å²) in [7, 11) is 1.64. The van der Waals surface area contributed by atoms with E-state index in [1.807, 2.05) is 31.2 Å². The van der Waals surface area contributed by atoms with Crippen molar-refractivity contribution in [3.05, 3.63) is 29.8 Å². The maximum absolute atomic E-state index is 12.0. The summed E-state index contributed by atoms with van der Waals surface area (Å²) < 4.78 is 5.12. The number of carbonyl (C=O) groups is 1. The Balaban J connectivity index is 1.93. The number of ether oxygens (including phenoxy) is 1. The van der Waals surface area contributed by atoms with Crippen molar-refractivity contribution < 1.29 is 9.53 Å². The van der Waals surface area contributed by atoms with Gasteiger partial charge < -0.3 is 4.74 Å². The van der Waals surface area contributed by atoms with Gasteiger partial charge in [0.15, 0.2) is 0 Å². The van der Waals surface area contributed by atoms with Crippen LogP contribution in [0.2, 0.25) is 0 Å². The average molecular weight is 274 g/mol. The molecule has 1 fully saturated rings. The molecule has 0 unspecified atom stereocenters. The number of rotatable bonds is 4. The summed E-state index contributed by atoms with van der Waals surface area (Å²) in [5.74, 6) is 1.00. The smallest absolute Gasteiger partial charge is 0.243 e. The summed E-state index contributed by atoms with van der Waals surface area (Å²) in [4.78, 5) is 12.0. The fourth-order valence-electron chi connectivity index (χ4n) is 2.49. The van der Waals surface area contributed by atoms with Crippen molar-refractivity contribution in [2.45, 2.75) is 39.0 Å². The lowest BCUT2D eigenvalue weighted by Crippen LogP contribution is -2.29. The van der Waals surface area contributed by atoms with E-state index in [1.165, 1.54) is 6.42 Å². The van der Waals surface area contributed by atoms with Gasteiger partial charge in [0.25, 0.3) is 0 Å². The summed E-state index contributed by atoms with van der Waals surface area (Å²) in [5.41, 5.74) is 4.48. The minimum absolute atomic E-state index is 0.0533. The van der Waals surface area contributed by atoms with Gasteiger partial charge in [-0.05, 0) is 49.6 Å². The molecule has 1 amide bonds. The molecule has 1 aromatic carbocycles. The van der Waals surface area contributed by atoms with E-state index in [2.05, 4.69) is 10.5 Å². The normalized spacial score (nSPS) is 16.8.